The molecule has 0 fully saturated rings. The predicted molar refractivity (Wildman–Crippen MR) is 104 cm³/mol. The Morgan fingerprint density at radius 1 is 0.875 bits per heavy atom. The van der Waals surface area contributed by atoms with Crippen LogP contribution < -0.4 is 4.74 Å². The molecule has 0 bridgehead atoms. The van der Waals surface area contributed by atoms with Crippen LogP contribution in [0.25, 0.3) is 20.8 Å². The number of nitrogens with zero attached hydrogens (tertiary/aromatic N) is 1. The molecule has 0 radical (unpaired) electrons. The van der Waals surface area contributed by atoms with Crippen molar-refractivity contribution in [1.29, 1.82) is 0 Å². The summed E-state index contributed by atoms with van der Waals surface area (Å²) in [5.74, 6) is 0.864. The van der Waals surface area contributed by atoms with Gasteiger partial charge >= 0.3 is 0 Å². The summed E-state index contributed by atoms with van der Waals surface area (Å²) in [6.07, 6.45) is 0. The van der Waals surface area contributed by atoms with E-state index in [1.54, 1.807) is 11.3 Å². The van der Waals surface area contributed by atoms with Gasteiger partial charge in [-0.15, -0.1) is 11.3 Å². The van der Waals surface area contributed by atoms with Gasteiger partial charge in [0.2, 0.25) is 0 Å². The molecular formula is C20H14BrNOS. The van der Waals surface area contributed by atoms with Gasteiger partial charge in [-0.1, -0.05) is 40.2 Å². The predicted octanol–water partition coefficient (Wildman–Crippen LogP) is 6.30. The van der Waals surface area contributed by atoms with Crippen LogP contribution in [0.2, 0.25) is 0 Å². The fourth-order valence-corrected chi connectivity index (χ4v) is 3.67. The molecule has 1 heterocycles. The summed E-state index contributed by atoms with van der Waals surface area (Å²) >= 11 is 5.15. The van der Waals surface area contributed by atoms with E-state index in [9.17, 15) is 0 Å². The smallest absolute Gasteiger partial charge is 0.124 e. The third-order valence-corrected chi connectivity index (χ3v) is 5.33. The maximum Gasteiger partial charge on any atom is 0.124 e. The number of thiazole rings is 1. The van der Waals surface area contributed by atoms with E-state index in [4.69, 9.17) is 4.74 Å². The molecule has 4 rings (SSSR count). The molecule has 1 aromatic heterocycles. The molecular weight excluding hydrogens is 382 g/mol. The van der Waals surface area contributed by atoms with Crippen LogP contribution in [0, 0.1) is 0 Å². The van der Waals surface area contributed by atoms with E-state index in [1.807, 2.05) is 42.5 Å². The van der Waals surface area contributed by atoms with Crippen LogP contribution in [0.1, 0.15) is 5.56 Å². The van der Waals surface area contributed by atoms with Crippen molar-refractivity contribution in [2.75, 3.05) is 0 Å². The summed E-state index contributed by atoms with van der Waals surface area (Å²) in [7, 11) is 0. The quantitative estimate of drug-likeness (QED) is 0.404. The Morgan fingerprint density at radius 2 is 1.62 bits per heavy atom. The lowest BCUT2D eigenvalue weighted by Gasteiger charge is -2.07. The van der Waals surface area contributed by atoms with E-state index in [0.29, 0.717) is 6.61 Å². The zero-order chi connectivity index (χ0) is 16.4. The van der Waals surface area contributed by atoms with Crippen molar-refractivity contribution in [3.05, 3.63) is 82.8 Å². The molecule has 2 nitrogen and oxygen atoms in total. The average molecular weight is 396 g/mol. The first kappa shape index (κ1) is 15.4. The molecule has 0 unspecified atom stereocenters. The molecule has 3 aromatic carbocycles. The topological polar surface area (TPSA) is 22.1 Å². The molecule has 0 atom stereocenters. The highest BCUT2D eigenvalue weighted by molar-refractivity contribution is 9.10. The van der Waals surface area contributed by atoms with E-state index < -0.39 is 0 Å². The van der Waals surface area contributed by atoms with Crippen molar-refractivity contribution >= 4 is 37.5 Å². The second-order valence-electron chi connectivity index (χ2n) is 5.43. The van der Waals surface area contributed by atoms with Gasteiger partial charge in [0.15, 0.2) is 0 Å². The SMILES string of the molecule is Brc1ccc(COc2ccc(-c3nc4ccccc4s3)cc2)cc1. The third-order valence-electron chi connectivity index (χ3n) is 3.71. The minimum Gasteiger partial charge on any atom is -0.489 e. The van der Waals surface area contributed by atoms with Crippen LogP contribution in [0.4, 0.5) is 0 Å². The van der Waals surface area contributed by atoms with Crippen molar-refractivity contribution < 1.29 is 4.74 Å². The second kappa shape index (κ2) is 6.75. The van der Waals surface area contributed by atoms with Gasteiger partial charge in [-0.25, -0.2) is 4.98 Å². The van der Waals surface area contributed by atoms with Crippen LogP contribution in [-0.4, -0.2) is 4.98 Å². The summed E-state index contributed by atoms with van der Waals surface area (Å²) in [5.41, 5.74) is 3.31. The van der Waals surface area contributed by atoms with Gasteiger partial charge in [-0.05, 0) is 54.1 Å². The summed E-state index contributed by atoms with van der Waals surface area (Å²) in [6.45, 7) is 0.563. The van der Waals surface area contributed by atoms with Crippen LogP contribution >= 0.6 is 27.3 Å². The van der Waals surface area contributed by atoms with E-state index in [2.05, 4.69) is 51.2 Å². The second-order valence-corrected chi connectivity index (χ2v) is 7.37. The lowest BCUT2D eigenvalue weighted by Crippen LogP contribution is -1.94. The largest absolute Gasteiger partial charge is 0.489 e. The van der Waals surface area contributed by atoms with Gasteiger partial charge in [0, 0.05) is 10.0 Å². The highest BCUT2D eigenvalue weighted by Crippen LogP contribution is 2.31. The zero-order valence-electron chi connectivity index (χ0n) is 12.8. The monoisotopic (exact) mass is 395 g/mol. The van der Waals surface area contributed by atoms with Crippen molar-refractivity contribution in [2.24, 2.45) is 0 Å². The Kier molecular flexibility index (Phi) is 4.32. The molecule has 0 amide bonds. The number of halogens is 1. The summed E-state index contributed by atoms with van der Waals surface area (Å²) in [6, 6.07) is 24.5. The first-order chi connectivity index (χ1) is 11.8. The molecule has 0 N–H and O–H groups in total. The maximum absolute atomic E-state index is 5.85. The first-order valence-corrected chi connectivity index (χ1v) is 9.22. The zero-order valence-corrected chi connectivity index (χ0v) is 15.2. The summed E-state index contributed by atoms with van der Waals surface area (Å²) in [5, 5.41) is 1.04. The number of rotatable bonds is 4. The van der Waals surface area contributed by atoms with Crippen LogP contribution in [0.3, 0.4) is 0 Å². The van der Waals surface area contributed by atoms with Crippen molar-refractivity contribution in [3.8, 4) is 16.3 Å². The molecule has 0 aliphatic rings. The molecule has 4 aromatic rings. The molecule has 0 aliphatic carbocycles. The van der Waals surface area contributed by atoms with Crippen molar-refractivity contribution in [3.63, 3.8) is 0 Å². The van der Waals surface area contributed by atoms with Gasteiger partial charge in [0.1, 0.15) is 17.4 Å². The fourth-order valence-electron chi connectivity index (χ4n) is 2.44. The number of hydrogen-bond donors (Lipinski definition) is 0. The van der Waals surface area contributed by atoms with Crippen LogP contribution in [0.5, 0.6) is 5.75 Å². The first-order valence-electron chi connectivity index (χ1n) is 7.61. The van der Waals surface area contributed by atoms with Gasteiger partial charge in [-0.3, -0.25) is 0 Å². The number of aromatic nitrogens is 1. The maximum atomic E-state index is 5.85. The number of hydrogen-bond acceptors (Lipinski definition) is 3. The molecule has 4 heteroatoms. The highest BCUT2D eigenvalue weighted by atomic mass is 79.9. The number of ether oxygens (including phenoxy) is 1. The molecule has 24 heavy (non-hydrogen) atoms. The standard InChI is InChI=1S/C20H14BrNOS/c21-16-9-5-14(6-10-16)13-23-17-11-7-15(8-12-17)20-22-18-3-1-2-4-19(18)24-20/h1-12H,13H2. The average Bonchev–Trinajstić information content (AvgIpc) is 3.06. The van der Waals surface area contributed by atoms with E-state index in [-0.39, 0.29) is 0 Å². The normalized spacial score (nSPS) is 10.9. The minimum absolute atomic E-state index is 0.563. The van der Waals surface area contributed by atoms with E-state index in [0.717, 1.165) is 31.9 Å². The van der Waals surface area contributed by atoms with E-state index >= 15 is 0 Å². The third kappa shape index (κ3) is 3.35. The lowest BCUT2D eigenvalue weighted by atomic mass is 10.2. The number of benzene rings is 3. The molecule has 0 saturated carbocycles. The Morgan fingerprint density at radius 3 is 2.38 bits per heavy atom. The van der Waals surface area contributed by atoms with Crippen LogP contribution in [-0.2, 0) is 6.61 Å². The van der Waals surface area contributed by atoms with Gasteiger partial charge in [0.05, 0.1) is 10.2 Å². The van der Waals surface area contributed by atoms with Gasteiger partial charge < -0.3 is 4.74 Å². The fraction of sp³-hybridized carbons (Fsp3) is 0.0500. The molecule has 0 saturated heterocycles. The van der Waals surface area contributed by atoms with Crippen molar-refractivity contribution in [2.45, 2.75) is 6.61 Å². The Balaban J connectivity index is 1.48. The number of fused-ring (bicyclic) bond motifs is 1. The summed E-state index contributed by atoms with van der Waals surface area (Å²) < 4.78 is 8.14. The van der Waals surface area contributed by atoms with Crippen LogP contribution in [0.15, 0.2) is 77.3 Å². The van der Waals surface area contributed by atoms with Gasteiger partial charge in [-0.2, -0.15) is 0 Å². The Hall–Kier alpha value is -2.17. The Labute approximate surface area is 152 Å². The summed E-state index contributed by atoms with van der Waals surface area (Å²) in [4.78, 5) is 4.69. The Bertz CT molecular complexity index is 928. The van der Waals surface area contributed by atoms with E-state index in [1.165, 1.54) is 4.70 Å². The molecule has 118 valence electrons. The molecule has 0 spiro atoms. The lowest BCUT2D eigenvalue weighted by molar-refractivity contribution is 0.306. The van der Waals surface area contributed by atoms with Gasteiger partial charge in [0.25, 0.3) is 0 Å². The van der Waals surface area contributed by atoms with Crippen molar-refractivity contribution in [1.82, 2.24) is 4.98 Å². The minimum atomic E-state index is 0.563. The number of para-hydroxylation sites is 1. The molecule has 0 aliphatic heterocycles. The highest BCUT2D eigenvalue weighted by Gasteiger charge is 2.06.